The van der Waals surface area contributed by atoms with Crippen LogP contribution >= 0.6 is 12.4 Å². The van der Waals surface area contributed by atoms with Crippen molar-refractivity contribution in [3.63, 3.8) is 0 Å². The maximum Gasteiger partial charge on any atom is 0.222 e. The van der Waals surface area contributed by atoms with Gasteiger partial charge in [0.1, 0.15) is 0 Å². The van der Waals surface area contributed by atoms with Gasteiger partial charge in [0.05, 0.1) is 0 Å². The lowest BCUT2D eigenvalue weighted by molar-refractivity contribution is -0.131. The molecule has 19 heavy (non-hydrogen) atoms. The maximum atomic E-state index is 12.2. The normalized spacial score (nSPS) is 30.7. The highest BCUT2D eigenvalue weighted by Crippen LogP contribution is 2.29. The second-order valence-corrected chi connectivity index (χ2v) is 6.68. The predicted octanol–water partition coefficient (Wildman–Crippen LogP) is 2.82. The molecule has 112 valence electrons. The lowest BCUT2D eigenvalue weighted by Crippen LogP contribution is -2.34. The average Bonchev–Trinajstić information content (AvgIpc) is 2.88. The third-order valence-corrected chi connectivity index (χ3v) is 4.60. The third kappa shape index (κ3) is 4.64. The predicted molar refractivity (Wildman–Crippen MR) is 81.3 cm³/mol. The first-order valence-corrected chi connectivity index (χ1v) is 7.59. The fraction of sp³-hybridized carbons (Fsp3) is 0.933. The van der Waals surface area contributed by atoms with E-state index in [0.717, 1.165) is 37.8 Å². The molecule has 1 heterocycles. The first-order valence-electron chi connectivity index (χ1n) is 7.59. The number of carbonyl (C=O) groups excluding carboxylic acids is 1. The lowest BCUT2D eigenvalue weighted by Gasteiger charge is -2.21. The first kappa shape index (κ1) is 16.8. The van der Waals surface area contributed by atoms with Crippen LogP contribution in [0.1, 0.15) is 52.4 Å². The molecule has 3 atom stereocenters. The van der Waals surface area contributed by atoms with Gasteiger partial charge in [0.15, 0.2) is 0 Å². The molecule has 1 amide bonds. The van der Waals surface area contributed by atoms with Crippen molar-refractivity contribution in [2.24, 2.45) is 23.5 Å². The summed E-state index contributed by atoms with van der Waals surface area (Å²) in [6.45, 7) is 6.49. The van der Waals surface area contributed by atoms with Gasteiger partial charge in [-0.3, -0.25) is 4.79 Å². The minimum absolute atomic E-state index is 0. The van der Waals surface area contributed by atoms with E-state index in [1.165, 1.54) is 19.3 Å². The van der Waals surface area contributed by atoms with Crippen LogP contribution in [0.25, 0.3) is 0 Å². The van der Waals surface area contributed by atoms with Crippen LogP contribution in [0.4, 0.5) is 0 Å². The summed E-state index contributed by atoms with van der Waals surface area (Å²) in [6.07, 6.45) is 6.60. The number of likely N-dealkylation sites (tertiary alicyclic amines) is 1. The molecule has 0 bridgehead atoms. The van der Waals surface area contributed by atoms with Gasteiger partial charge in [0.25, 0.3) is 0 Å². The highest BCUT2D eigenvalue weighted by Gasteiger charge is 2.31. The molecular formula is C15H29ClN2O. The van der Waals surface area contributed by atoms with Gasteiger partial charge in [-0.15, -0.1) is 12.4 Å². The number of carbonyl (C=O) groups is 1. The molecule has 2 rings (SSSR count). The standard InChI is InChI=1S/C15H28N2O.ClH/c1-11(2)8-12-6-7-17(10-12)15(18)9-13-4-3-5-14(13)16;/h11-14H,3-10,16H2,1-2H3;1H/t12?,13-,14+;/m0./s1. The average molecular weight is 289 g/mol. The SMILES string of the molecule is CC(C)CC1CCN(C(=O)C[C@@H]2CCC[C@H]2N)C1.Cl. The van der Waals surface area contributed by atoms with Gasteiger partial charge in [-0.25, -0.2) is 0 Å². The second kappa shape index (κ2) is 7.49. The summed E-state index contributed by atoms with van der Waals surface area (Å²) in [6, 6.07) is 0.267. The van der Waals surface area contributed by atoms with Gasteiger partial charge in [-0.2, -0.15) is 0 Å². The number of halogens is 1. The fourth-order valence-corrected chi connectivity index (χ4v) is 3.59. The topological polar surface area (TPSA) is 46.3 Å². The molecule has 0 aromatic rings. The van der Waals surface area contributed by atoms with Gasteiger partial charge in [0, 0.05) is 25.6 Å². The molecule has 4 heteroatoms. The molecule has 2 aliphatic rings. The van der Waals surface area contributed by atoms with Crippen molar-refractivity contribution in [3.05, 3.63) is 0 Å². The Labute approximate surface area is 123 Å². The molecule has 2 fully saturated rings. The summed E-state index contributed by atoms with van der Waals surface area (Å²) >= 11 is 0. The Morgan fingerprint density at radius 2 is 2.05 bits per heavy atom. The van der Waals surface area contributed by atoms with E-state index in [-0.39, 0.29) is 18.4 Å². The van der Waals surface area contributed by atoms with Crippen molar-refractivity contribution in [1.29, 1.82) is 0 Å². The summed E-state index contributed by atoms with van der Waals surface area (Å²) in [5, 5.41) is 0. The van der Waals surface area contributed by atoms with Gasteiger partial charge < -0.3 is 10.6 Å². The van der Waals surface area contributed by atoms with Crippen LogP contribution in [0.5, 0.6) is 0 Å². The van der Waals surface area contributed by atoms with Crippen molar-refractivity contribution >= 4 is 18.3 Å². The largest absolute Gasteiger partial charge is 0.342 e. The van der Waals surface area contributed by atoms with Crippen molar-refractivity contribution in [2.75, 3.05) is 13.1 Å². The van der Waals surface area contributed by atoms with Crippen LogP contribution in [0.15, 0.2) is 0 Å². The molecule has 1 unspecified atom stereocenters. The molecule has 0 radical (unpaired) electrons. The lowest BCUT2D eigenvalue weighted by atomic mass is 9.96. The van der Waals surface area contributed by atoms with E-state index in [1.807, 2.05) is 0 Å². The van der Waals surface area contributed by atoms with E-state index in [9.17, 15) is 4.79 Å². The van der Waals surface area contributed by atoms with Crippen molar-refractivity contribution in [3.8, 4) is 0 Å². The molecule has 0 aromatic carbocycles. The summed E-state index contributed by atoms with van der Waals surface area (Å²) in [7, 11) is 0. The molecule has 2 N–H and O–H groups in total. The molecule has 1 aliphatic heterocycles. The number of nitrogens with zero attached hydrogens (tertiary/aromatic N) is 1. The van der Waals surface area contributed by atoms with E-state index in [4.69, 9.17) is 5.73 Å². The van der Waals surface area contributed by atoms with Gasteiger partial charge in [-0.05, 0) is 43.4 Å². The number of amides is 1. The zero-order valence-corrected chi connectivity index (χ0v) is 13.1. The van der Waals surface area contributed by atoms with Crippen molar-refractivity contribution in [1.82, 2.24) is 4.90 Å². The fourth-order valence-electron chi connectivity index (χ4n) is 3.59. The van der Waals surface area contributed by atoms with Crippen molar-refractivity contribution < 1.29 is 4.79 Å². The minimum atomic E-state index is 0. The monoisotopic (exact) mass is 288 g/mol. The maximum absolute atomic E-state index is 12.2. The smallest absolute Gasteiger partial charge is 0.222 e. The summed E-state index contributed by atoms with van der Waals surface area (Å²) in [5.41, 5.74) is 6.05. The molecule has 1 saturated heterocycles. The third-order valence-electron chi connectivity index (χ3n) is 4.60. The van der Waals surface area contributed by atoms with Crippen LogP contribution in [0.3, 0.4) is 0 Å². The summed E-state index contributed by atoms with van der Waals surface area (Å²) < 4.78 is 0. The van der Waals surface area contributed by atoms with Gasteiger partial charge in [-0.1, -0.05) is 20.3 Å². The Morgan fingerprint density at radius 3 is 2.63 bits per heavy atom. The van der Waals surface area contributed by atoms with Crippen LogP contribution < -0.4 is 5.73 Å². The Hall–Kier alpha value is -0.280. The quantitative estimate of drug-likeness (QED) is 0.865. The van der Waals surface area contributed by atoms with Crippen molar-refractivity contribution in [2.45, 2.75) is 58.4 Å². The van der Waals surface area contributed by atoms with E-state index in [0.29, 0.717) is 18.2 Å². The second-order valence-electron chi connectivity index (χ2n) is 6.68. The van der Waals surface area contributed by atoms with E-state index >= 15 is 0 Å². The highest BCUT2D eigenvalue weighted by molar-refractivity contribution is 5.85. The Morgan fingerprint density at radius 1 is 1.32 bits per heavy atom. The number of hydrogen-bond donors (Lipinski definition) is 1. The van der Waals surface area contributed by atoms with Crippen LogP contribution in [0, 0.1) is 17.8 Å². The number of hydrogen-bond acceptors (Lipinski definition) is 2. The molecule has 0 spiro atoms. The molecule has 1 aliphatic carbocycles. The molecule has 0 aromatic heterocycles. The number of nitrogens with two attached hydrogens (primary N) is 1. The Bertz CT molecular complexity index is 296. The highest BCUT2D eigenvalue weighted by atomic mass is 35.5. The van der Waals surface area contributed by atoms with E-state index in [2.05, 4.69) is 18.7 Å². The number of rotatable bonds is 4. The molecule has 3 nitrogen and oxygen atoms in total. The van der Waals surface area contributed by atoms with Crippen LogP contribution in [0.2, 0.25) is 0 Å². The van der Waals surface area contributed by atoms with E-state index in [1.54, 1.807) is 0 Å². The zero-order valence-electron chi connectivity index (χ0n) is 12.3. The zero-order chi connectivity index (χ0) is 13.1. The summed E-state index contributed by atoms with van der Waals surface area (Å²) in [5.74, 6) is 2.27. The van der Waals surface area contributed by atoms with Crippen LogP contribution in [-0.4, -0.2) is 29.9 Å². The first-order chi connectivity index (χ1) is 8.56. The Balaban J connectivity index is 0.00000180. The van der Waals surface area contributed by atoms with E-state index < -0.39 is 0 Å². The van der Waals surface area contributed by atoms with Gasteiger partial charge >= 0.3 is 0 Å². The molecule has 1 saturated carbocycles. The Kier molecular flexibility index (Phi) is 6.61. The summed E-state index contributed by atoms with van der Waals surface area (Å²) in [4.78, 5) is 14.3. The van der Waals surface area contributed by atoms with Crippen LogP contribution in [-0.2, 0) is 4.79 Å². The minimum Gasteiger partial charge on any atom is -0.342 e. The van der Waals surface area contributed by atoms with Gasteiger partial charge in [0.2, 0.25) is 5.91 Å². The molecular weight excluding hydrogens is 260 g/mol.